The number of amides is 1. The van der Waals surface area contributed by atoms with Crippen LogP contribution in [0.25, 0.3) is 0 Å². The number of rotatable bonds is 5. The Kier molecular flexibility index (Phi) is 4.68. The van der Waals surface area contributed by atoms with Crippen LogP contribution in [0.5, 0.6) is 0 Å². The molecular formula is C13H18ClNO4S2. The van der Waals surface area contributed by atoms with Crippen molar-refractivity contribution >= 4 is 37.0 Å². The first-order chi connectivity index (χ1) is 9.64. The van der Waals surface area contributed by atoms with Crippen molar-refractivity contribution in [3.63, 3.8) is 0 Å². The Morgan fingerprint density at radius 3 is 2.67 bits per heavy atom. The summed E-state index contributed by atoms with van der Waals surface area (Å²) in [6.45, 7) is 4.11. The fourth-order valence-corrected chi connectivity index (χ4v) is 4.64. The molecule has 1 heterocycles. The average molecular weight is 352 g/mol. The van der Waals surface area contributed by atoms with Gasteiger partial charge in [0.25, 0.3) is 9.05 Å². The summed E-state index contributed by atoms with van der Waals surface area (Å²) in [5.41, 5.74) is -0.0928. The lowest BCUT2D eigenvalue weighted by Crippen LogP contribution is -2.61. The third-order valence-corrected chi connectivity index (χ3v) is 7.19. The van der Waals surface area contributed by atoms with E-state index in [1.165, 1.54) is 6.07 Å². The van der Waals surface area contributed by atoms with E-state index in [9.17, 15) is 13.2 Å². The van der Waals surface area contributed by atoms with E-state index >= 15 is 0 Å². The zero-order chi connectivity index (χ0) is 15.8. The Labute approximate surface area is 133 Å². The smallest absolute Gasteiger partial charge is 0.270 e. The van der Waals surface area contributed by atoms with Gasteiger partial charge in [-0.25, -0.2) is 8.42 Å². The highest BCUT2D eigenvalue weighted by molar-refractivity contribution is 8.15. The van der Waals surface area contributed by atoms with E-state index in [0.717, 1.165) is 17.8 Å². The van der Waals surface area contributed by atoms with Gasteiger partial charge in [0.2, 0.25) is 5.91 Å². The quantitative estimate of drug-likeness (QED) is 0.825. The third-order valence-electron chi connectivity index (χ3n) is 4.01. The maximum atomic E-state index is 12.0. The van der Waals surface area contributed by atoms with Gasteiger partial charge in [-0.2, -0.15) is 0 Å². The second kappa shape index (κ2) is 5.87. The van der Waals surface area contributed by atoms with Gasteiger partial charge in [0.1, 0.15) is 4.21 Å². The van der Waals surface area contributed by atoms with Crippen molar-refractivity contribution in [3.8, 4) is 0 Å². The first-order valence-corrected chi connectivity index (χ1v) is 9.62. The molecule has 0 radical (unpaired) electrons. The predicted molar refractivity (Wildman–Crippen MR) is 82.2 cm³/mol. The van der Waals surface area contributed by atoms with E-state index in [4.69, 9.17) is 15.4 Å². The summed E-state index contributed by atoms with van der Waals surface area (Å²) in [5.74, 6) is -0.122. The van der Waals surface area contributed by atoms with Crippen LogP contribution >= 0.6 is 22.0 Å². The minimum Gasteiger partial charge on any atom is -0.381 e. The van der Waals surface area contributed by atoms with Gasteiger partial charge in [-0.3, -0.25) is 4.79 Å². The third kappa shape index (κ3) is 3.59. The first-order valence-electron chi connectivity index (χ1n) is 6.50. The molecule has 118 valence electrons. The summed E-state index contributed by atoms with van der Waals surface area (Å²) in [5, 5.41) is 2.97. The van der Waals surface area contributed by atoms with E-state index < -0.39 is 9.05 Å². The molecule has 2 rings (SSSR count). The summed E-state index contributed by atoms with van der Waals surface area (Å²) < 4.78 is 27.8. The van der Waals surface area contributed by atoms with Gasteiger partial charge in [0, 0.05) is 34.1 Å². The molecule has 0 bridgehead atoms. The molecule has 0 spiro atoms. The summed E-state index contributed by atoms with van der Waals surface area (Å²) >= 11 is 1.02. The van der Waals surface area contributed by atoms with Crippen molar-refractivity contribution in [1.82, 2.24) is 5.32 Å². The largest absolute Gasteiger partial charge is 0.381 e. The Morgan fingerprint density at radius 1 is 1.52 bits per heavy atom. The van der Waals surface area contributed by atoms with Gasteiger partial charge in [0.05, 0.1) is 12.5 Å². The van der Waals surface area contributed by atoms with E-state index in [1.54, 1.807) is 13.2 Å². The molecule has 2 unspecified atom stereocenters. The molecule has 1 aromatic heterocycles. The van der Waals surface area contributed by atoms with Crippen molar-refractivity contribution < 1.29 is 17.9 Å². The molecule has 21 heavy (non-hydrogen) atoms. The fraction of sp³-hybridized carbons (Fsp3) is 0.615. The molecule has 1 saturated carbocycles. The SMILES string of the molecule is COC1CC(NC(=O)Cc2ccc(S(=O)(=O)Cl)s2)C1(C)C. The number of thiophene rings is 1. The van der Waals surface area contributed by atoms with Gasteiger partial charge in [0.15, 0.2) is 0 Å². The number of carbonyl (C=O) groups is 1. The van der Waals surface area contributed by atoms with Crippen LogP contribution in [0.1, 0.15) is 25.1 Å². The molecule has 0 saturated heterocycles. The molecule has 1 aliphatic carbocycles. The predicted octanol–water partition coefficient (Wildman–Crippen LogP) is 2.15. The number of nitrogens with one attached hydrogen (secondary N) is 1. The van der Waals surface area contributed by atoms with Crippen LogP contribution in [0.4, 0.5) is 0 Å². The maximum Gasteiger partial charge on any atom is 0.270 e. The molecule has 1 N–H and O–H groups in total. The highest BCUT2D eigenvalue weighted by Crippen LogP contribution is 2.42. The standard InChI is InChI=1S/C13H18ClNO4S2/c1-13(2)9(7-10(13)19-3)15-11(16)6-8-4-5-12(20-8)21(14,17)18/h4-5,9-10H,6-7H2,1-3H3,(H,15,16). The Balaban J connectivity index is 1.93. The normalized spacial score (nSPS) is 24.4. The number of ether oxygens (including phenoxy) is 1. The topological polar surface area (TPSA) is 72.5 Å². The van der Waals surface area contributed by atoms with Gasteiger partial charge < -0.3 is 10.1 Å². The number of hydrogen-bond donors (Lipinski definition) is 1. The van der Waals surface area contributed by atoms with Crippen LogP contribution in [0.3, 0.4) is 0 Å². The Morgan fingerprint density at radius 2 is 2.19 bits per heavy atom. The van der Waals surface area contributed by atoms with Crippen molar-refractivity contribution in [2.45, 2.75) is 43.0 Å². The van der Waals surface area contributed by atoms with Crippen LogP contribution < -0.4 is 5.32 Å². The van der Waals surface area contributed by atoms with E-state index in [2.05, 4.69) is 19.2 Å². The van der Waals surface area contributed by atoms with Crippen molar-refractivity contribution in [2.75, 3.05) is 7.11 Å². The Hall–Kier alpha value is -0.630. The lowest BCUT2D eigenvalue weighted by molar-refractivity contribution is -0.132. The second-order valence-corrected chi connectivity index (χ2v) is 9.70. The van der Waals surface area contributed by atoms with Crippen molar-refractivity contribution in [1.29, 1.82) is 0 Å². The molecule has 5 nitrogen and oxygen atoms in total. The summed E-state index contributed by atoms with van der Waals surface area (Å²) in [7, 11) is 3.21. The fourth-order valence-electron chi connectivity index (χ4n) is 2.52. The molecule has 0 aromatic carbocycles. The zero-order valence-corrected chi connectivity index (χ0v) is 14.4. The summed E-state index contributed by atoms with van der Waals surface area (Å²) in [6, 6.07) is 3.11. The van der Waals surface area contributed by atoms with Gasteiger partial charge in [-0.05, 0) is 18.6 Å². The van der Waals surface area contributed by atoms with Crippen LogP contribution in [-0.4, -0.2) is 33.6 Å². The number of methoxy groups -OCH3 is 1. The molecule has 8 heteroatoms. The average Bonchev–Trinajstić information content (AvgIpc) is 2.82. The van der Waals surface area contributed by atoms with E-state index in [0.29, 0.717) is 4.88 Å². The molecule has 1 amide bonds. The minimum absolute atomic E-state index is 0.0652. The first kappa shape index (κ1) is 16.7. The van der Waals surface area contributed by atoms with Gasteiger partial charge in [-0.1, -0.05) is 13.8 Å². The zero-order valence-electron chi connectivity index (χ0n) is 12.1. The molecule has 1 aliphatic rings. The van der Waals surface area contributed by atoms with Crippen LogP contribution in [-0.2, 0) is 25.0 Å². The second-order valence-electron chi connectivity index (χ2n) is 5.74. The summed E-state index contributed by atoms with van der Waals surface area (Å²) in [6.07, 6.45) is 1.10. The van der Waals surface area contributed by atoms with Gasteiger partial charge >= 0.3 is 0 Å². The van der Waals surface area contributed by atoms with E-state index in [1.807, 2.05) is 0 Å². The molecular weight excluding hydrogens is 334 g/mol. The molecule has 1 aromatic rings. The molecule has 2 atom stereocenters. The molecule has 1 fully saturated rings. The van der Waals surface area contributed by atoms with Crippen LogP contribution in [0.2, 0.25) is 0 Å². The molecule has 0 aliphatic heterocycles. The van der Waals surface area contributed by atoms with Crippen molar-refractivity contribution in [2.24, 2.45) is 5.41 Å². The minimum atomic E-state index is -3.72. The Bertz CT molecular complexity index is 638. The lowest BCUT2D eigenvalue weighted by atomic mass is 9.64. The van der Waals surface area contributed by atoms with Crippen LogP contribution in [0, 0.1) is 5.41 Å². The number of halogens is 1. The van der Waals surface area contributed by atoms with Gasteiger partial charge in [-0.15, -0.1) is 11.3 Å². The van der Waals surface area contributed by atoms with Crippen molar-refractivity contribution in [3.05, 3.63) is 17.0 Å². The maximum absolute atomic E-state index is 12.0. The van der Waals surface area contributed by atoms with E-state index in [-0.39, 0.29) is 34.1 Å². The lowest BCUT2D eigenvalue weighted by Gasteiger charge is -2.51. The highest BCUT2D eigenvalue weighted by atomic mass is 35.7. The summed E-state index contributed by atoms with van der Waals surface area (Å²) in [4.78, 5) is 12.7. The highest BCUT2D eigenvalue weighted by Gasteiger charge is 2.49. The number of hydrogen-bond acceptors (Lipinski definition) is 5. The number of carbonyl (C=O) groups excluding carboxylic acids is 1. The van der Waals surface area contributed by atoms with Crippen LogP contribution in [0.15, 0.2) is 16.3 Å². The monoisotopic (exact) mass is 351 g/mol.